The van der Waals surface area contributed by atoms with Crippen LogP contribution in [-0.2, 0) is 25.0 Å². The molecule has 0 amide bonds. The van der Waals surface area contributed by atoms with Crippen LogP contribution in [0.3, 0.4) is 0 Å². The minimum absolute atomic E-state index is 0.0858. The van der Waals surface area contributed by atoms with E-state index in [0.29, 0.717) is 36.2 Å². The highest BCUT2D eigenvalue weighted by molar-refractivity contribution is 7.91. The van der Waals surface area contributed by atoms with E-state index in [0.717, 1.165) is 0 Å². The Hall–Kier alpha value is -3.99. The molecule has 41 heavy (non-hydrogen) atoms. The van der Waals surface area contributed by atoms with E-state index in [4.69, 9.17) is 25.0 Å². The fourth-order valence-electron chi connectivity index (χ4n) is 3.99. The molecule has 4 rings (SSSR count). The van der Waals surface area contributed by atoms with Crippen LogP contribution in [0.2, 0.25) is 0 Å². The number of nitrogens with two attached hydrogens (primary N) is 1. The van der Waals surface area contributed by atoms with Crippen molar-refractivity contribution in [2.75, 3.05) is 37.7 Å². The summed E-state index contributed by atoms with van der Waals surface area (Å²) in [4.78, 5) is 20.1. The van der Waals surface area contributed by atoms with Crippen LogP contribution in [0, 0.1) is 12.3 Å². The average Bonchev–Trinajstić information content (AvgIpc) is 2.95. The normalized spacial score (nSPS) is 14.4. The number of nitrogens with one attached hydrogen (secondary N) is 1. The topological polar surface area (TPSA) is 181 Å². The van der Waals surface area contributed by atoms with Gasteiger partial charge in [-0.2, -0.15) is 12.7 Å². The minimum Gasteiger partial charge on any atom is -0.379 e. The Morgan fingerprint density at radius 1 is 0.976 bits per heavy atom. The average molecular weight is 606 g/mol. The summed E-state index contributed by atoms with van der Waals surface area (Å²) in [6, 6.07) is 11.2. The van der Waals surface area contributed by atoms with Gasteiger partial charge < -0.3 is 19.7 Å². The highest BCUT2D eigenvalue weighted by Gasteiger charge is 2.34. The highest BCUT2D eigenvalue weighted by Crippen LogP contribution is 2.30. The second-order valence-corrected chi connectivity index (χ2v) is 12.4. The first-order valence-electron chi connectivity index (χ1n) is 12.6. The monoisotopic (exact) mass is 605 g/mol. The van der Waals surface area contributed by atoms with Crippen LogP contribution in [0.5, 0.6) is 11.5 Å². The number of rotatable bonds is 11. The van der Waals surface area contributed by atoms with Gasteiger partial charge in [0.05, 0.1) is 6.61 Å². The number of piperazine rings is 1. The molecule has 0 atom stereocenters. The van der Waals surface area contributed by atoms with Crippen LogP contribution in [0.25, 0.3) is 0 Å². The SMILES string of the molecule is CCCON(Oc1cc(C)cc(OS(=O)(=O)c2ccccc2S(=O)(=O)N2CCN(c3ncccn3)CC2)c1)C(=N)N. The zero-order chi connectivity index (χ0) is 29.6. The van der Waals surface area contributed by atoms with E-state index in [1.165, 1.54) is 40.7 Å². The van der Waals surface area contributed by atoms with E-state index in [9.17, 15) is 16.8 Å². The molecule has 0 unspecified atom stereocenters. The Morgan fingerprint density at radius 3 is 2.24 bits per heavy atom. The van der Waals surface area contributed by atoms with Crippen molar-refractivity contribution in [1.29, 1.82) is 5.41 Å². The molecule has 0 spiro atoms. The molecule has 3 N–H and O–H groups in total. The van der Waals surface area contributed by atoms with Crippen molar-refractivity contribution >= 4 is 32.0 Å². The van der Waals surface area contributed by atoms with Crippen LogP contribution in [0.4, 0.5) is 5.95 Å². The lowest BCUT2D eigenvalue weighted by Crippen LogP contribution is -2.49. The van der Waals surface area contributed by atoms with Gasteiger partial charge in [-0.25, -0.2) is 23.2 Å². The summed E-state index contributed by atoms with van der Waals surface area (Å²) in [7, 11) is -8.82. The standard InChI is InChI=1S/C25H31N7O7S2/c1-3-15-37-32(24(26)27)38-20-16-19(2)17-21(18-20)39-41(35,36)23-8-5-4-7-22(23)40(33,34)31-13-11-30(12-14-31)25-28-9-6-10-29-25/h4-10,16-18H,3,11-15H2,1-2H3,(H3,26,27). The number of anilines is 1. The van der Waals surface area contributed by atoms with Crippen molar-refractivity contribution in [1.82, 2.24) is 19.5 Å². The molecule has 220 valence electrons. The molecule has 14 nitrogen and oxygen atoms in total. The predicted octanol–water partition coefficient (Wildman–Crippen LogP) is 1.89. The minimum atomic E-state index is -4.62. The zero-order valence-corrected chi connectivity index (χ0v) is 24.1. The molecule has 1 aliphatic rings. The van der Waals surface area contributed by atoms with Crippen LogP contribution >= 0.6 is 0 Å². The number of hydrogen-bond acceptors (Lipinski definition) is 11. The molecule has 1 saturated heterocycles. The number of hydrogen-bond donors (Lipinski definition) is 2. The Morgan fingerprint density at radius 2 is 1.61 bits per heavy atom. The van der Waals surface area contributed by atoms with Gasteiger partial charge in [0.2, 0.25) is 16.0 Å². The van der Waals surface area contributed by atoms with Gasteiger partial charge in [0.15, 0.2) is 5.75 Å². The van der Waals surface area contributed by atoms with Gasteiger partial charge in [-0.15, -0.1) is 0 Å². The van der Waals surface area contributed by atoms with Crippen molar-refractivity contribution in [3.05, 3.63) is 66.5 Å². The smallest absolute Gasteiger partial charge is 0.340 e. The number of sulfonamides is 1. The van der Waals surface area contributed by atoms with Gasteiger partial charge in [-0.3, -0.25) is 5.41 Å². The molecule has 0 bridgehead atoms. The lowest BCUT2D eigenvalue weighted by molar-refractivity contribution is -0.263. The third-order valence-electron chi connectivity index (χ3n) is 5.84. The fraction of sp³-hybridized carbons (Fsp3) is 0.320. The first kappa shape index (κ1) is 30.0. The molecule has 2 aromatic carbocycles. The molecule has 3 aromatic rings. The molecule has 1 aliphatic heterocycles. The third kappa shape index (κ3) is 7.21. The zero-order valence-electron chi connectivity index (χ0n) is 22.5. The van der Waals surface area contributed by atoms with E-state index < -0.39 is 35.9 Å². The molecule has 0 radical (unpaired) electrons. The summed E-state index contributed by atoms with van der Waals surface area (Å²) >= 11 is 0. The van der Waals surface area contributed by atoms with E-state index in [1.807, 2.05) is 11.8 Å². The molecule has 16 heteroatoms. The first-order valence-corrected chi connectivity index (χ1v) is 15.5. The van der Waals surface area contributed by atoms with Gasteiger partial charge in [0.25, 0.3) is 5.96 Å². The van der Waals surface area contributed by atoms with Crippen molar-refractivity contribution in [3.8, 4) is 11.5 Å². The number of guanidine groups is 1. The van der Waals surface area contributed by atoms with Crippen LogP contribution in [0.15, 0.2) is 70.7 Å². The van der Waals surface area contributed by atoms with Gasteiger partial charge >= 0.3 is 10.1 Å². The summed E-state index contributed by atoms with van der Waals surface area (Å²) in [6.45, 7) is 4.65. The largest absolute Gasteiger partial charge is 0.379 e. The van der Waals surface area contributed by atoms with Crippen molar-refractivity contribution < 1.29 is 30.7 Å². The van der Waals surface area contributed by atoms with E-state index in [-0.39, 0.29) is 31.2 Å². The lowest BCUT2D eigenvalue weighted by Gasteiger charge is -2.34. The number of hydroxylamine groups is 2. The third-order valence-corrected chi connectivity index (χ3v) is 9.23. The Bertz CT molecular complexity index is 1580. The first-order chi connectivity index (χ1) is 19.5. The van der Waals surface area contributed by atoms with E-state index >= 15 is 0 Å². The molecular formula is C25H31N7O7S2. The summed E-state index contributed by atoms with van der Waals surface area (Å²) in [5.74, 6) is -0.0811. The maximum atomic E-state index is 13.6. The number of aryl methyl sites for hydroxylation is 1. The van der Waals surface area contributed by atoms with Gasteiger partial charge in [-0.1, -0.05) is 19.1 Å². The fourth-order valence-corrected chi connectivity index (χ4v) is 7.11. The predicted molar refractivity (Wildman–Crippen MR) is 149 cm³/mol. The van der Waals surface area contributed by atoms with Crippen LogP contribution in [0.1, 0.15) is 18.9 Å². The highest BCUT2D eigenvalue weighted by atomic mass is 32.2. The van der Waals surface area contributed by atoms with Gasteiger partial charge in [0.1, 0.15) is 15.5 Å². The quantitative estimate of drug-likeness (QED) is 0.140. The van der Waals surface area contributed by atoms with Gasteiger partial charge in [0, 0.05) is 44.6 Å². The summed E-state index contributed by atoms with van der Waals surface area (Å²) in [5, 5.41) is 8.32. The Labute approximate surface area is 238 Å². The summed E-state index contributed by atoms with van der Waals surface area (Å²) < 4.78 is 60.7. The maximum absolute atomic E-state index is 13.6. The van der Waals surface area contributed by atoms with Crippen molar-refractivity contribution in [2.45, 2.75) is 30.1 Å². The molecule has 2 heterocycles. The summed E-state index contributed by atoms with van der Waals surface area (Å²) in [5.41, 5.74) is 6.06. The van der Waals surface area contributed by atoms with Crippen LogP contribution in [-0.4, -0.2) is 75.1 Å². The van der Waals surface area contributed by atoms with Gasteiger partial charge in [-0.05, 0) is 54.5 Å². The molecule has 1 fully saturated rings. The Kier molecular flexibility index (Phi) is 9.27. The van der Waals surface area contributed by atoms with Crippen molar-refractivity contribution in [2.24, 2.45) is 5.73 Å². The van der Waals surface area contributed by atoms with Crippen LogP contribution < -0.4 is 19.7 Å². The molecule has 1 aromatic heterocycles. The van der Waals surface area contributed by atoms with E-state index in [1.54, 1.807) is 31.5 Å². The Balaban J connectivity index is 1.55. The lowest BCUT2D eigenvalue weighted by atomic mass is 10.2. The number of aromatic nitrogens is 2. The number of benzene rings is 2. The molecular weight excluding hydrogens is 574 g/mol. The second-order valence-electron chi connectivity index (χ2n) is 8.97. The molecule has 0 aliphatic carbocycles. The number of nitrogens with zero attached hydrogens (tertiary/aromatic N) is 5. The molecule has 0 saturated carbocycles. The van der Waals surface area contributed by atoms with Crippen molar-refractivity contribution in [3.63, 3.8) is 0 Å². The summed E-state index contributed by atoms with van der Waals surface area (Å²) in [6.07, 6.45) is 3.85. The second kappa shape index (κ2) is 12.7. The van der Waals surface area contributed by atoms with E-state index in [2.05, 4.69) is 9.97 Å². The maximum Gasteiger partial charge on any atom is 0.340 e.